The second-order valence-electron chi connectivity index (χ2n) is 6.68. The SMILES string of the molecule is O=C(CNC(=O)c1ccc2nc(-n3cccc3)sc2c1)NCCc1ccc(Cl)cc1. The van der Waals surface area contributed by atoms with Crippen molar-refractivity contribution in [3.63, 3.8) is 0 Å². The number of hydrogen-bond acceptors (Lipinski definition) is 4. The quantitative estimate of drug-likeness (QED) is 0.460. The Hall–Kier alpha value is -3.16. The molecule has 0 saturated carbocycles. The van der Waals surface area contributed by atoms with Gasteiger partial charge in [-0.3, -0.25) is 9.59 Å². The van der Waals surface area contributed by atoms with Crippen molar-refractivity contribution in [2.45, 2.75) is 6.42 Å². The van der Waals surface area contributed by atoms with Gasteiger partial charge in [-0.05, 0) is 54.4 Å². The molecule has 4 rings (SSSR count). The zero-order chi connectivity index (χ0) is 20.9. The maximum Gasteiger partial charge on any atom is 0.251 e. The van der Waals surface area contributed by atoms with Crippen LogP contribution in [0.4, 0.5) is 0 Å². The Morgan fingerprint density at radius 1 is 1.03 bits per heavy atom. The van der Waals surface area contributed by atoms with Crippen molar-refractivity contribution < 1.29 is 9.59 Å². The molecular formula is C22H19ClN4O2S. The molecule has 0 aliphatic heterocycles. The van der Waals surface area contributed by atoms with Gasteiger partial charge in [-0.2, -0.15) is 0 Å². The van der Waals surface area contributed by atoms with Gasteiger partial charge in [0.2, 0.25) is 5.91 Å². The van der Waals surface area contributed by atoms with E-state index in [4.69, 9.17) is 11.6 Å². The van der Waals surface area contributed by atoms with Gasteiger partial charge < -0.3 is 15.2 Å². The highest BCUT2D eigenvalue weighted by Gasteiger charge is 2.11. The summed E-state index contributed by atoms with van der Waals surface area (Å²) in [4.78, 5) is 29.0. The Labute approximate surface area is 182 Å². The molecule has 4 aromatic rings. The van der Waals surface area contributed by atoms with Gasteiger partial charge in [0.1, 0.15) is 0 Å². The lowest BCUT2D eigenvalue weighted by molar-refractivity contribution is -0.120. The smallest absolute Gasteiger partial charge is 0.251 e. The van der Waals surface area contributed by atoms with E-state index >= 15 is 0 Å². The molecule has 0 fully saturated rings. The van der Waals surface area contributed by atoms with Gasteiger partial charge in [-0.25, -0.2) is 4.98 Å². The number of hydrogen-bond donors (Lipinski definition) is 2. The molecule has 0 aliphatic carbocycles. The summed E-state index contributed by atoms with van der Waals surface area (Å²) in [5.74, 6) is -0.522. The molecule has 0 atom stereocenters. The first-order chi connectivity index (χ1) is 14.6. The molecule has 8 heteroatoms. The monoisotopic (exact) mass is 438 g/mol. The lowest BCUT2D eigenvalue weighted by atomic mass is 10.1. The average molecular weight is 439 g/mol. The standard InChI is InChI=1S/C22H19ClN4O2S/c23-17-6-3-15(4-7-17)9-10-24-20(28)14-25-21(29)16-5-8-18-19(13-16)30-22(26-18)27-11-1-2-12-27/h1-8,11-13H,9-10,14H2,(H,24,28)(H,25,29). The van der Waals surface area contributed by atoms with Crippen LogP contribution in [0.25, 0.3) is 15.3 Å². The van der Waals surface area contributed by atoms with Crippen LogP contribution in [-0.2, 0) is 11.2 Å². The fourth-order valence-electron chi connectivity index (χ4n) is 2.95. The topological polar surface area (TPSA) is 76.0 Å². The Kier molecular flexibility index (Phi) is 6.11. The number of nitrogens with one attached hydrogen (secondary N) is 2. The molecule has 30 heavy (non-hydrogen) atoms. The van der Waals surface area contributed by atoms with Crippen LogP contribution in [0.5, 0.6) is 0 Å². The van der Waals surface area contributed by atoms with E-state index in [2.05, 4.69) is 15.6 Å². The number of nitrogens with zero attached hydrogens (tertiary/aromatic N) is 2. The summed E-state index contributed by atoms with van der Waals surface area (Å²) < 4.78 is 2.84. The molecule has 2 aromatic heterocycles. The summed E-state index contributed by atoms with van der Waals surface area (Å²) in [7, 11) is 0. The molecule has 0 saturated heterocycles. The van der Waals surface area contributed by atoms with E-state index in [-0.39, 0.29) is 18.4 Å². The number of rotatable bonds is 7. The summed E-state index contributed by atoms with van der Waals surface area (Å²) in [6, 6.07) is 16.7. The summed E-state index contributed by atoms with van der Waals surface area (Å²) in [6.07, 6.45) is 4.55. The highest BCUT2D eigenvalue weighted by Crippen LogP contribution is 2.26. The van der Waals surface area contributed by atoms with E-state index in [0.29, 0.717) is 23.6 Å². The fourth-order valence-corrected chi connectivity index (χ4v) is 4.05. The number of aromatic nitrogens is 2. The predicted molar refractivity (Wildman–Crippen MR) is 119 cm³/mol. The van der Waals surface area contributed by atoms with Crippen LogP contribution in [0.3, 0.4) is 0 Å². The molecule has 152 valence electrons. The van der Waals surface area contributed by atoms with Gasteiger partial charge in [0.15, 0.2) is 5.13 Å². The lowest BCUT2D eigenvalue weighted by Crippen LogP contribution is -2.37. The highest BCUT2D eigenvalue weighted by molar-refractivity contribution is 7.20. The minimum atomic E-state index is -0.291. The summed E-state index contributed by atoms with van der Waals surface area (Å²) in [5.41, 5.74) is 2.42. The molecule has 2 N–H and O–H groups in total. The van der Waals surface area contributed by atoms with Crippen LogP contribution in [0, 0.1) is 0 Å². The molecule has 2 amide bonds. The highest BCUT2D eigenvalue weighted by atomic mass is 35.5. The minimum Gasteiger partial charge on any atom is -0.354 e. The van der Waals surface area contributed by atoms with E-state index < -0.39 is 0 Å². The molecule has 0 spiro atoms. The first kappa shape index (κ1) is 20.1. The molecule has 0 unspecified atom stereocenters. The van der Waals surface area contributed by atoms with Crippen LogP contribution >= 0.6 is 22.9 Å². The minimum absolute atomic E-state index is 0.0746. The Bertz CT molecular complexity index is 1170. The molecule has 0 aliphatic rings. The zero-order valence-corrected chi connectivity index (χ0v) is 17.5. The maximum atomic E-state index is 12.4. The maximum absolute atomic E-state index is 12.4. The lowest BCUT2D eigenvalue weighted by Gasteiger charge is -2.07. The molecule has 2 aromatic carbocycles. The van der Waals surface area contributed by atoms with Crippen molar-refractivity contribution in [2.24, 2.45) is 0 Å². The van der Waals surface area contributed by atoms with E-state index in [0.717, 1.165) is 20.9 Å². The van der Waals surface area contributed by atoms with E-state index in [1.807, 2.05) is 59.4 Å². The van der Waals surface area contributed by atoms with Crippen LogP contribution in [0.15, 0.2) is 67.0 Å². The Morgan fingerprint density at radius 2 is 1.80 bits per heavy atom. The number of thiazole rings is 1. The van der Waals surface area contributed by atoms with Crippen molar-refractivity contribution in [3.8, 4) is 5.13 Å². The average Bonchev–Trinajstić information content (AvgIpc) is 3.42. The van der Waals surface area contributed by atoms with Crippen molar-refractivity contribution in [1.82, 2.24) is 20.2 Å². The van der Waals surface area contributed by atoms with Crippen LogP contribution in [0.2, 0.25) is 5.02 Å². The van der Waals surface area contributed by atoms with Crippen molar-refractivity contribution >= 4 is 45.0 Å². The van der Waals surface area contributed by atoms with Crippen molar-refractivity contribution in [3.05, 3.63) is 83.1 Å². The van der Waals surface area contributed by atoms with Gasteiger partial charge >= 0.3 is 0 Å². The number of carbonyl (C=O) groups is 2. The van der Waals surface area contributed by atoms with Gasteiger partial charge in [0.25, 0.3) is 5.91 Å². The van der Waals surface area contributed by atoms with Crippen LogP contribution in [0.1, 0.15) is 15.9 Å². The molecule has 6 nitrogen and oxygen atoms in total. The number of amides is 2. The first-order valence-corrected chi connectivity index (χ1v) is 10.6. The van der Waals surface area contributed by atoms with Crippen LogP contribution in [-0.4, -0.2) is 34.5 Å². The van der Waals surface area contributed by atoms with E-state index in [9.17, 15) is 9.59 Å². The van der Waals surface area contributed by atoms with Crippen LogP contribution < -0.4 is 10.6 Å². The van der Waals surface area contributed by atoms with Gasteiger partial charge in [-0.15, -0.1) is 0 Å². The molecule has 0 bridgehead atoms. The van der Waals surface area contributed by atoms with E-state index in [1.54, 1.807) is 12.1 Å². The van der Waals surface area contributed by atoms with Gasteiger partial charge in [-0.1, -0.05) is 35.1 Å². The van der Waals surface area contributed by atoms with E-state index in [1.165, 1.54) is 11.3 Å². The predicted octanol–water partition coefficient (Wildman–Crippen LogP) is 3.83. The Balaban J connectivity index is 1.29. The molecular weight excluding hydrogens is 420 g/mol. The van der Waals surface area contributed by atoms with Gasteiger partial charge in [0.05, 0.1) is 16.8 Å². The number of halogens is 1. The third-order valence-corrected chi connectivity index (χ3v) is 5.81. The third-order valence-electron chi connectivity index (χ3n) is 4.52. The fraction of sp³-hybridized carbons (Fsp3) is 0.136. The zero-order valence-electron chi connectivity index (χ0n) is 16.0. The number of carbonyl (C=O) groups excluding carboxylic acids is 2. The number of fused-ring (bicyclic) bond motifs is 1. The Morgan fingerprint density at radius 3 is 2.57 bits per heavy atom. The first-order valence-electron chi connectivity index (χ1n) is 9.42. The molecule has 2 heterocycles. The van der Waals surface area contributed by atoms with Crippen molar-refractivity contribution in [2.75, 3.05) is 13.1 Å². The number of benzene rings is 2. The van der Waals surface area contributed by atoms with Gasteiger partial charge in [0, 0.05) is 29.5 Å². The third kappa shape index (κ3) is 4.87. The normalized spacial score (nSPS) is 10.8. The molecule has 0 radical (unpaired) electrons. The largest absolute Gasteiger partial charge is 0.354 e. The second-order valence-corrected chi connectivity index (χ2v) is 8.12. The summed E-state index contributed by atoms with van der Waals surface area (Å²) >= 11 is 7.37. The van der Waals surface area contributed by atoms with Crippen molar-refractivity contribution in [1.29, 1.82) is 0 Å². The summed E-state index contributed by atoms with van der Waals surface area (Å²) in [5, 5.41) is 6.99. The summed E-state index contributed by atoms with van der Waals surface area (Å²) in [6.45, 7) is 0.417. The second kappa shape index (κ2) is 9.11.